The van der Waals surface area contributed by atoms with Crippen molar-refractivity contribution in [1.29, 1.82) is 0 Å². The van der Waals surface area contributed by atoms with Crippen LogP contribution in [0.25, 0.3) is 10.9 Å². The summed E-state index contributed by atoms with van der Waals surface area (Å²) in [5, 5.41) is 5.14. The molecular weight excluding hydrogens is 284 g/mol. The van der Waals surface area contributed by atoms with Crippen molar-refractivity contribution >= 4 is 28.2 Å². The molecule has 0 atom stereocenters. The Hall–Kier alpha value is -1.94. The second-order valence-corrected chi connectivity index (χ2v) is 5.55. The molecule has 3 N–H and O–H groups in total. The van der Waals surface area contributed by atoms with E-state index in [1.54, 1.807) is 0 Å². The van der Waals surface area contributed by atoms with E-state index in [0.29, 0.717) is 11.7 Å². The number of aromatic amines is 2. The number of aromatic nitrogens is 3. The first-order valence-corrected chi connectivity index (χ1v) is 7.68. The van der Waals surface area contributed by atoms with E-state index in [9.17, 15) is 0 Å². The molecule has 2 heterocycles. The van der Waals surface area contributed by atoms with E-state index < -0.39 is 0 Å². The fraction of sp³-hybridized carbons (Fsp3) is 0.312. The van der Waals surface area contributed by atoms with Crippen LogP contribution in [0.5, 0.6) is 0 Å². The van der Waals surface area contributed by atoms with E-state index in [0.717, 1.165) is 42.0 Å². The molecule has 2 aromatic heterocycles. The van der Waals surface area contributed by atoms with Gasteiger partial charge in [0.15, 0.2) is 5.15 Å². The number of hydrogen-bond donors (Lipinski definition) is 3. The summed E-state index contributed by atoms with van der Waals surface area (Å²) in [6.07, 6.45) is 5.18. The van der Waals surface area contributed by atoms with Gasteiger partial charge in [0.25, 0.3) is 0 Å². The molecule has 21 heavy (non-hydrogen) atoms. The van der Waals surface area contributed by atoms with Crippen molar-refractivity contribution in [3.05, 3.63) is 47.1 Å². The van der Waals surface area contributed by atoms with Crippen LogP contribution in [0.3, 0.4) is 0 Å². The third-order valence-electron chi connectivity index (χ3n) is 3.57. The van der Waals surface area contributed by atoms with Crippen LogP contribution in [-0.2, 0) is 13.0 Å². The van der Waals surface area contributed by atoms with Gasteiger partial charge in [0.1, 0.15) is 5.82 Å². The quantitative estimate of drug-likeness (QED) is 0.628. The molecule has 1 aromatic carbocycles. The lowest BCUT2D eigenvalue weighted by atomic mass is 10.2. The summed E-state index contributed by atoms with van der Waals surface area (Å²) in [5.41, 5.74) is 3.15. The lowest BCUT2D eigenvalue weighted by Crippen LogP contribution is -2.00. The minimum absolute atomic E-state index is 0.566. The number of rotatable bonds is 6. The largest absolute Gasteiger partial charge is 0.379 e. The molecule has 0 unspecified atom stereocenters. The molecule has 0 saturated heterocycles. The van der Waals surface area contributed by atoms with Crippen LogP contribution in [0, 0.1) is 0 Å². The number of fused-ring (bicyclic) bond motifs is 1. The lowest BCUT2D eigenvalue weighted by molar-refractivity contribution is 0.760. The van der Waals surface area contributed by atoms with Crippen molar-refractivity contribution in [2.45, 2.75) is 32.7 Å². The zero-order valence-corrected chi connectivity index (χ0v) is 12.8. The fourth-order valence-electron chi connectivity index (χ4n) is 2.37. The molecular formula is C16H19ClN4. The number of unbranched alkanes of at least 4 members (excludes halogenated alkanes) is 1. The molecule has 0 radical (unpaired) electrons. The van der Waals surface area contributed by atoms with E-state index in [4.69, 9.17) is 11.6 Å². The predicted molar refractivity (Wildman–Crippen MR) is 87.8 cm³/mol. The molecule has 0 bridgehead atoms. The maximum Gasteiger partial charge on any atom is 0.152 e. The highest BCUT2D eigenvalue weighted by molar-refractivity contribution is 6.30. The third kappa shape index (κ3) is 3.22. The summed E-state index contributed by atoms with van der Waals surface area (Å²) in [7, 11) is 0. The molecule has 0 fully saturated rings. The summed E-state index contributed by atoms with van der Waals surface area (Å²) in [5.74, 6) is 0.972. The zero-order chi connectivity index (χ0) is 14.7. The smallest absolute Gasteiger partial charge is 0.152 e. The number of anilines is 1. The molecule has 3 aromatic rings. The van der Waals surface area contributed by atoms with Crippen molar-refractivity contribution in [3.63, 3.8) is 0 Å². The fourth-order valence-corrected chi connectivity index (χ4v) is 2.59. The third-order valence-corrected chi connectivity index (χ3v) is 3.88. The number of nitrogens with one attached hydrogen (secondary N) is 3. The van der Waals surface area contributed by atoms with Gasteiger partial charge >= 0.3 is 0 Å². The SMILES string of the molecule is CCCCc1nc(Cl)c(CNc2ccc3[nH]ccc3c2)[nH]1. The normalized spacial score (nSPS) is 11.1. The van der Waals surface area contributed by atoms with Crippen LogP contribution < -0.4 is 5.32 Å². The van der Waals surface area contributed by atoms with Crippen LogP contribution in [0.15, 0.2) is 30.5 Å². The van der Waals surface area contributed by atoms with Crippen molar-refractivity contribution in [3.8, 4) is 0 Å². The van der Waals surface area contributed by atoms with Gasteiger partial charge in [-0.2, -0.15) is 0 Å². The van der Waals surface area contributed by atoms with Crippen molar-refractivity contribution < 1.29 is 0 Å². The molecule has 4 nitrogen and oxygen atoms in total. The maximum absolute atomic E-state index is 6.18. The van der Waals surface area contributed by atoms with Crippen molar-refractivity contribution in [1.82, 2.24) is 15.0 Å². The number of halogens is 1. The highest BCUT2D eigenvalue weighted by Crippen LogP contribution is 2.20. The molecule has 0 aliphatic heterocycles. The minimum atomic E-state index is 0.566. The van der Waals surface area contributed by atoms with Crippen molar-refractivity contribution in [2.75, 3.05) is 5.32 Å². The Bertz CT molecular complexity index is 729. The Morgan fingerprint density at radius 2 is 2.19 bits per heavy atom. The average molecular weight is 303 g/mol. The van der Waals surface area contributed by atoms with Gasteiger partial charge in [0.05, 0.1) is 12.2 Å². The lowest BCUT2D eigenvalue weighted by Gasteiger charge is -2.05. The number of hydrogen-bond acceptors (Lipinski definition) is 2. The Kier molecular flexibility index (Phi) is 4.15. The standard InChI is InChI=1S/C16H19ClN4/c1-2-3-4-15-20-14(16(17)21-15)10-19-12-5-6-13-11(9-12)7-8-18-13/h5-9,18-19H,2-4,10H2,1H3,(H,20,21). The highest BCUT2D eigenvalue weighted by Gasteiger charge is 2.08. The zero-order valence-electron chi connectivity index (χ0n) is 12.0. The number of nitrogens with zero attached hydrogens (tertiary/aromatic N) is 1. The summed E-state index contributed by atoms with van der Waals surface area (Å²) in [6.45, 7) is 2.82. The maximum atomic E-state index is 6.18. The molecule has 3 rings (SSSR count). The molecule has 110 valence electrons. The Balaban J connectivity index is 1.67. The van der Waals surface area contributed by atoms with Crippen molar-refractivity contribution in [2.24, 2.45) is 0 Å². The van der Waals surface area contributed by atoms with Crippen LogP contribution in [-0.4, -0.2) is 15.0 Å². The number of benzene rings is 1. The summed E-state index contributed by atoms with van der Waals surface area (Å²) in [6, 6.07) is 8.31. The first-order valence-electron chi connectivity index (χ1n) is 7.30. The Morgan fingerprint density at radius 1 is 1.29 bits per heavy atom. The molecule has 0 aliphatic carbocycles. The second-order valence-electron chi connectivity index (χ2n) is 5.19. The van der Waals surface area contributed by atoms with Gasteiger partial charge in [-0.15, -0.1) is 0 Å². The monoisotopic (exact) mass is 302 g/mol. The van der Waals surface area contributed by atoms with E-state index in [2.05, 4.69) is 51.5 Å². The number of imidazole rings is 1. The molecule has 5 heteroatoms. The average Bonchev–Trinajstić information content (AvgIpc) is 3.08. The van der Waals surface area contributed by atoms with E-state index in [1.807, 2.05) is 6.20 Å². The van der Waals surface area contributed by atoms with Gasteiger partial charge in [-0.3, -0.25) is 0 Å². The van der Waals surface area contributed by atoms with Gasteiger partial charge in [-0.25, -0.2) is 4.98 Å². The van der Waals surface area contributed by atoms with Gasteiger partial charge in [0, 0.05) is 29.2 Å². The van der Waals surface area contributed by atoms with E-state index in [1.165, 1.54) is 5.39 Å². The van der Waals surface area contributed by atoms with Crippen LogP contribution >= 0.6 is 11.6 Å². The van der Waals surface area contributed by atoms with Gasteiger partial charge in [-0.1, -0.05) is 24.9 Å². The number of H-pyrrole nitrogens is 2. The van der Waals surface area contributed by atoms with Crippen LogP contribution in [0.2, 0.25) is 5.15 Å². The first-order chi connectivity index (χ1) is 10.3. The predicted octanol–water partition coefficient (Wildman–Crippen LogP) is 4.50. The van der Waals surface area contributed by atoms with Gasteiger partial charge < -0.3 is 15.3 Å². The van der Waals surface area contributed by atoms with Gasteiger partial charge in [-0.05, 0) is 30.7 Å². The highest BCUT2D eigenvalue weighted by atomic mass is 35.5. The Morgan fingerprint density at radius 3 is 3.05 bits per heavy atom. The molecule has 0 amide bonds. The summed E-state index contributed by atoms with van der Waals surface area (Å²) >= 11 is 6.18. The van der Waals surface area contributed by atoms with Crippen LogP contribution in [0.1, 0.15) is 31.3 Å². The summed E-state index contributed by atoms with van der Waals surface area (Å²) in [4.78, 5) is 10.9. The number of aryl methyl sites for hydroxylation is 1. The van der Waals surface area contributed by atoms with Gasteiger partial charge in [0.2, 0.25) is 0 Å². The second kappa shape index (κ2) is 6.22. The molecule has 0 aliphatic rings. The minimum Gasteiger partial charge on any atom is -0.379 e. The van der Waals surface area contributed by atoms with E-state index in [-0.39, 0.29) is 0 Å². The molecule has 0 spiro atoms. The first kappa shape index (κ1) is 14.0. The molecule has 0 saturated carbocycles. The van der Waals surface area contributed by atoms with Crippen LogP contribution in [0.4, 0.5) is 5.69 Å². The Labute approximate surface area is 128 Å². The summed E-state index contributed by atoms with van der Waals surface area (Å²) < 4.78 is 0. The topological polar surface area (TPSA) is 56.5 Å². The van der Waals surface area contributed by atoms with E-state index >= 15 is 0 Å².